The van der Waals surface area contributed by atoms with Crippen LogP contribution < -0.4 is 0 Å². The van der Waals surface area contributed by atoms with Gasteiger partial charge in [-0.25, -0.2) is 0 Å². The van der Waals surface area contributed by atoms with Gasteiger partial charge in [0.05, 0.1) is 0 Å². The zero-order valence-electron chi connectivity index (χ0n) is 9.62. The average Bonchev–Trinajstić information content (AvgIpc) is 2.16. The van der Waals surface area contributed by atoms with Crippen LogP contribution in [0.5, 0.6) is 0 Å². The number of Topliss-reactive ketones (excluding diaryl/α,β-unsaturated/α-hetero) is 1. The second-order valence-electron chi connectivity index (χ2n) is 4.90. The lowest BCUT2D eigenvalue weighted by atomic mass is 9.78. The summed E-state index contributed by atoms with van der Waals surface area (Å²) in [7, 11) is 1.97. The van der Waals surface area contributed by atoms with Crippen molar-refractivity contribution in [1.29, 1.82) is 0 Å². The monoisotopic (exact) mass is 213 g/mol. The second kappa shape index (κ2) is 4.31. The van der Waals surface area contributed by atoms with E-state index in [-0.39, 0.29) is 11.7 Å². The fourth-order valence-corrected chi connectivity index (χ4v) is 2.00. The summed E-state index contributed by atoms with van der Waals surface area (Å²) in [6.45, 7) is 4.67. The van der Waals surface area contributed by atoms with E-state index < -0.39 is 11.4 Å². The highest BCUT2D eigenvalue weighted by molar-refractivity contribution is 6.03. The van der Waals surface area contributed by atoms with Crippen molar-refractivity contribution < 1.29 is 14.7 Å². The van der Waals surface area contributed by atoms with Crippen molar-refractivity contribution in [1.82, 2.24) is 4.90 Å². The number of nitrogens with zero attached hydrogens (tertiary/aromatic N) is 1. The van der Waals surface area contributed by atoms with Gasteiger partial charge in [-0.2, -0.15) is 0 Å². The summed E-state index contributed by atoms with van der Waals surface area (Å²) in [6.07, 6.45) is 1.79. The summed E-state index contributed by atoms with van der Waals surface area (Å²) in [6, 6.07) is 0. The topological polar surface area (TPSA) is 57.6 Å². The molecule has 0 amide bonds. The van der Waals surface area contributed by atoms with Gasteiger partial charge < -0.3 is 10.0 Å². The molecule has 1 fully saturated rings. The van der Waals surface area contributed by atoms with E-state index in [0.717, 1.165) is 19.4 Å². The Morgan fingerprint density at radius 1 is 1.40 bits per heavy atom. The van der Waals surface area contributed by atoms with E-state index in [2.05, 4.69) is 4.90 Å². The predicted octanol–water partition coefficient (Wildman–Crippen LogP) is 1.01. The molecule has 1 aliphatic heterocycles. The van der Waals surface area contributed by atoms with Crippen molar-refractivity contribution in [3.8, 4) is 0 Å². The molecular formula is C11H19NO3. The Morgan fingerprint density at radius 2 is 2.00 bits per heavy atom. The number of carbonyl (C=O) groups is 2. The fourth-order valence-electron chi connectivity index (χ4n) is 2.00. The lowest BCUT2D eigenvalue weighted by molar-refractivity contribution is -0.154. The van der Waals surface area contributed by atoms with Gasteiger partial charge in [0.25, 0.3) is 0 Å². The normalized spacial score (nSPS) is 23.8. The summed E-state index contributed by atoms with van der Waals surface area (Å²) in [5.74, 6) is -1.28. The van der Waals surface area contributed by atoms with Gasteiger partial charge in [-0.1, -0.05) is 0 Å². The van der Waals surface area contributed by atoms with Crippen LogP contribution in [0.2, 0.25) is 0 Å². The maximum Gasteiger partial charge on any atom is 0.316 e. The molecule has 0 aromatic carbocycles. The van der Waals surface area contributed by atoms with E-state index >= 15 is 0 Å². The summed E-state index contributed by atoms with van der Waals surface area (Å²) in [5.41, 5.74) is -1.25. The molecule has 1 heterocycles. The molecule has 0 saturated carbocycles. The van der Waals surface area contributed by atoms with Crippen LogP contribution in [0.1, 0.15) is 26.7 Å². The molecule has 15 heavy (non-hydrogen) atoms. The van der Waals surface area contributed by atoms with Crippen LogP contribution in [-0.2, 0) is 9.59 Å². The quantitative estimate of drug-likeness (QED) is 0.711. The van der Waals surface area contributed by atoms with Crippen LogP contribution in [0.4, 0.5) is 0 Å². The number of carboxylic acid groups (broad SMARTS) is 1. The zero-order chi connectivity index (χ0) is 11.6. The van der Waals surface area contributed by atoms with Gasteiger partial charge in [-0.15, -0.1) is 0 Å². The van der Waals surface area contributed by atoms with E-state index in [9.17, 15) is 9.59 Å². The van der Waals surface area contributed by atoms with Gasteiger partial charge in [0.2, 0.25) is 0 Å². The summed E-state index contributed by atoms with van der Waals surface area (Å²) in [4.78, 5) is 25.0. The number of hydrogen-bond acceptors (Lipinski definition) is 3. The molecule has 0 bridgehead atoms. The highest BCUT2D eigenvalue weighted by atomic mass is 16.4. The van der Waals surface area contributed by atoms with Gasteiger partial charge in [0.15, 0.2) is 5.78 Å². The minimum Gasteiger partial charge on any atom is -0.481 e. The first-order valence-electron chi connectivity index (χ1n) is 5.32. The van der Waals surface area contributed by atoms with E-state index in [0.29, 0.717) is 6.54 Å². The smallest absolute Gasteiger partial charge is 0.316 e. The van der Waals surface area contributed by atoms with E-state index in [1.165, 1.54) is 13.8 Å². The van der Waals surface area contributed by atoms with Crippen LogP contribution in [0.3, 0.4) is 0 Å². The van der Waals surface area contributed by atoms with Gasteiger partial charge in [-0.05, 0) is 40.3 Å². The Balaban J connectivity index is 2.71. The predicted molar refractivity (Wildman–Crippen MR) is 56.6 cm³/mol. The molecule has 1 unspecified atom stereocenters. The number of hydrogen-bond donors (Lipinski definition) is 1. The Labute approximate surface area is 90.3 Å². The first-order chi connectivity index (χ1) is 6.85. The van der Waals surface area contributed by atoms with E-state index in [1.54, 1.807) is 0 Å². The Bertz CT molecular complexity index is 273. The van der Waals surface area contributed by atoms with Crippen molar-refractivity contribution in [3.05, 3.63) is 0 Å². The summed E-state index contributed by atoms with van der Waals surface area (Å²) >= 11 is 0. The van der Waals surface area contributed by atoms with Gasteiger partial charge in [-0.3, -0.25) is 9.59 Å². The van der Waals surface area contributed by atoms with Crippen molar-refractivity contribution in [3.63, 3.8) is 0 Å². The van der Waals surface area contributed by atoms with Gasteiger partial charge in [0, 0.05) is 12.5 Å². The lowest BCUT2D eigenvalue weighted by Gasteiger charge is -2.32. The molecule has 0 aliphatic carbocycles. The van der Waals surface area contributed by atoms with Crippen molar-refractivity contribution in [2.45, 2.75) is 26.7 Å². The molecule has 1 N–H and O–H groups in total. The molecule has 1 atom stereocenters. The molecule has 4 nitrogen and oxygen atoms in total. The van der Waals surface area contributed by atoms with E-state index in [1.807, 2.05) is 7.05 Å². The summed E-state index contributed by atoms with van der Waals surface area (Å²) < 4.78 is 0. The molecule has 86 valence electrons. The van der Waals surface area contributed by atoms with E-state index in [4.69, 9.17) is 5.11 Å². The number of carboxylic acids is 1. The number of carbonyl (C=O) groups excluding carboxylic acids is 1. The lowest BCUT2D eigenvalue weighted by Crippen LogP contribution is -2.44. The second-order valence-corrected chi connectivity index (χ2v) is 4.90. The third kappa shape index (κ3) is 2.56. The molecule has 1 saturated heterocycles. The minimum absolute atomic E-state index is 0.116. The van der Waals surface area contributed by atoms with Crippen LogP contribution in [-0.4, -0.2) is 41.9 Å². The average molecular weight is 213 g/mol. The SMILES string of the molecule is CN1CCCC(C(=O)C(C)(C)C(=O)O)C1. The number of aliphatic carboxylic acids is 1. The highest BCUT2D eigenvalue weighted by Gasteiger charge is 2.40. The molecule has 0 aromatic heterocycles. The first kappa shape index (κ1) is 12.2. The summed E-state index contributed by atoms with van der Waals surface area (Å²) in [5, 5.41) is 8.97. The molecule has 0 spiro atoms. The van der Waals surface area contributed by atoms with Gasteiger partial charge >= 0.3 is 5.97 Å². The highest BCUT2D eigenvalue weighted by Crippen LogP contribution is 2.27. The van der Waals surface area contributed by atoms with Crippen LogP contribution in [0.15, 0.2) is 0 Å². The first-order valence-corrected chi connectivity index (χ1v) is 5.32. The van der Waals surface area contributed by atoms with Gasteiger partial charge in [0.1, 0.15) is 5.41 Å². The third-order valence-electron chi connectivity index (χ3n) is 3.15. The maximum atomic E-state index is 12.0. The van der Waals surface area contributed by atoms with Crippen LogP contribution >= 0.6 is 0 Å². The molecule has 1 aliphatic rings. The van der Waals surface area contributed by atoms with Crippen LogP contribution in [0, 0.1) is 11.3 Å². The fraction of sp³-hybridized carbons (Fsp3) is 0.818. The number of likely N-dealkylation sites (tertiary alicyclic amines) is 1. The number of piperidine rings is 1. The number of rotatable bonds is 3. The molecule has 4 heteroatoms. The Hall–Kier alpha value is -0.900. The molecule has 1 rings (SSSR count). The third-order valence-corrected chi connectivity index (χ3v) is 3.15. The Kier molecular flexibility index (Phi) is 3.50. The van der Waals surface area contributed by atoms with Crippen molar-refractivity contribution >= 4 is 11.8 Å². The molecule has 0 aromatic rings. The van der Waals surface area contributed by atoms with Crippen LogP contribution in [0.25, 0.3) is 0 Å². The van der Waals surface area contributed by atoms with Crippen molar-refractivity contribution in [2.24, 2.45) is 11.3 Å². The minimum atomic E-state index is -1.25. The number of ketones is 1. The standard InChI is InChI=1S/C11H19NO3/c1-11(2,10(14)15)9(13)8-5-4-6-12(3)7-8/h8H,4-7H2,1-3H3,(H,14,15). The maximum absolute atomic E-state index is 12.0. The zero-order valence-corrected chi connectivity index (χ0v) is 9.62. The van der Waals surface area contributed by atoms with Crippen molar-refractivity contribution in [2.75, 3.05) is 20.1 Å². The largest absolute Gasteiger partial charge is 0.481 e. The Morgan fingerprint density at radius 3 is 2.47 bits per heavy atom. The molecule has 0 radical (unpaired) electrons. The molecular weight excluding hydrogens is 194 g/mol.